The lowest BCUT2D eigenvalue weighted by Crippen LogP contribution is -2.32. The molecule has 1 aromatic heterocycles. The third kappa shape index (κ3) is 8.03. The lowest BCUT2D eigenvalue weighted by Gasteiger charge is -2.12. The quantitative estimate of drug-likeness (QED) is 0.0773. The minimum Gasteiger partial charge on any atom is -0.494 e. The molecule has 3 aromatic rings. The standard InChI is InChI=1S/C31H33N3O7S/c1-3-5-18-40-22-16-12-21(13-17-22)30(37)41-23-14-10-20(11-15-23)19-32-34-28(36)27(35)33-29-26(31(38)39-4-2)24-8-6-7-9-25(24)42-29/h10-17,19H,3-9,18H2,1-2H3,(H,33,35)(H,34,36)/b32-19-. The number of benzene rings is 2. The number of fused-ring (bicyclic) bond motifs is 1. The number of amides is 2. The van der Waals surface area contributed by atoms with E-state index >= 15 is 0 Å². The summed E-state index contributed by atoms with van der Waals surface area (Å²) >= 11 is 1.30. The first-order valence-corrected chi connectivity index (χ1v) is 14.7. The Labute approximate surface area is 248 Å². The molecule has 2 aromatic carbocycles. The maximum atomic E-state index is 12.6. The summed E-state index contributed by atoms with van der Waals surface area (Å²) in [5.41, 5.74) is 4.39. The molecular weight excluding hydrogens is 558 g/mol. The van der Waals surface area contributed by atoms with E-state index in [1.165, 1.54) is 17.6 Å². The third-order valence-corrected chi connectivity index (χ3v) is 7.62. The molecule has 0 atom stereocenters. The van der Waals surface area contributed by atoms with Gasteiger partial charge >= 0.3 is 23.8 Å². The van der Waals surface area contributed by atoms with Gasteiger partial charge in [0.05, 0.1) is 30.6 Å². The second-order valence-electron chi connectivity index (χ2n) is 9.47. The van der Waals surface area contributed by atoms with Crippen LogP contribution in [0.4, 0.5) is 5.00 Å². The van der Waals surface area contributed by atoms with Gasteiger partial charge < -0.3 is 19.5 Å². The van der Waals surface area contributed by atoms with Gasteiger partial charge in [0.15, 0.2) is 0 Å². The SMILES string of the molecule is CCCCOc1ccc(C(=O)Oc2ccc(/C=N\NC(=O)C(=O)Nc3sc4c(c3C(=O)OCC)CCCC4)cc2)cc1. The van der Waals surface area contributed by atoms with Crippen LogP contribution in [0.15, 0.2) is 53.6 Å². The Balaban J connectivity index is 1.29. The van der Waals surface area contributed by atoms with Gasteiger partial charge in [0.25, 0.3) is 0 Å². The van der Waals surface area contributed by atoms with Crippen LogP contribution >= 0.6 is 11.3 Å². The third-order valence-electron chi connectivity index (χ3n) is 6.41. The number of esters is 2. The molecule has 2 N–H and O–H groups in total. The first kappa shape index (κ1) is 30.4. The van der Waals surface area contributed by atoms with Crippen molar-refractivity contribution in [3.05, 3.63) is 75.7 Å². The molecule has 220 valence electrons. The number of ether oxygens (including phenoxy) is 3. The van der Waals surface area contributed by atoms with Gasteiger partial charge in [-0.2, -0.15) is 5.10 Å². The van der Waals surface area contributed by atoms with Crippen molar-refractivity contribution in [1.82, 2.24) is 5.43 Å². The van der Waals surface area contributed by atoms with E-state index in [9.17, 15) is 19.2 Å². The van der Waals surface area contributed by atoms with Crippen LogP contribution in [-0.4, -0.2) is 43.2 Å². The highest BCUT2D eigenvalue weighted by Crippen LogP contribution is 2.38. The van der Waals surface area contributed by atoms with Crippen molar-refractivity contribution in [2.45, 2.75) is 52.4 Å². The van der Waals surface area contributed by atoms with Gasteiger partial charge in [-0.25, -0.2) is 15.0 Å². The van der Waals surface area contributed by atoms with Gasteiger partial charge in [-0.15, -0.1) is 11.3 Å². The molecule has 10 nitrogen and oxygen atoms in total. The Bertz CT molecular complexity index is 1450. The molecule has 0 radical (unpaired) electrons. The van der Waals surface area contributed by atoms with Crippen molar-refractivity contribution >= 4 is 46.3 Å². The molecule has 0 unspecified atom stereocenters. The van der Waals surface area contributed by atoms with Crippen LogP contribution < -0.4 is 20.2 Å². The molecule has 42 heavy (non-hydrogen) atoms. The number of rotatable bonds is 11. The van der Waals surface area contributed by atoms with Crippen molar-refractivity contribution in [3.63, 3.8) is 0 Å². The fourth-order valence-electron chi connectivity index (χ4n) is 4.26. The van der Waals surface area contributed by atoms with Gasteiger partial charge in [0, 0.05) is 4.88 Å². The molecule has 0 spiro atoms. The van der Waals surface area contributed by atoms with Crippen molar-refractivity contribution in [2.75, 3.05) is 18.5 Å². The predicted molar refractivity (Wildman–Crippen MR) is 160 cm³/mol. The molecule has 4 rings (SSSR count). The summed E-state index contributed by atoms with van der Waals surface area (Å²) in [4.78, 5) is 51.0. The van der Waals surface area contributed by atoms with Crippen LogP contribution in [0.3, 0.4) is 0 Å². The number of carbonyl (C=O) groups excluding carboxylic acids is 4. The highest BCUT2D eigenvalue weighted by Gasteiger charge is 2.28. The maximum absolute atomic E-state index is 12.6. The van der Waals surface area contributed by atoms with E-state index in [-0.39, 0.29) is 6.61 Å². The van der Waals surface area contributed by atoms with E-state index < -0.39 is 23.8 Å². The van der Waals surface area contributed by atoms with Gasteiger partial charge in [0.2, 0.25) is 0 Å². The molecular formula is C31H33N3O7S. The number of aryl methyl sites for hydroxylation is 1. The second kappa shape index (κ2) is 14.9. The molecule has 2 amide bonds. The summed E-state index contributed by atoms with van der Waals surface area (Å²) in [6.45, 7) is 4.63. The molecule has 0 fully saturated rings. The molecule has 1 aliphatic carbocycles. The van der Waals surface area contributed by atoms with Crippen LogP contribution in [0, 0.1) is 0 Å². The van der Waals surface area contributed by atoms with Gasteiger partial charge in [-0.1, -0.05) is 13.3 Å². The number of hydrogen-bond acceptors (Lipinski definition) is 9. The van der Waals surface area contributed by atoms with Crippen LogP contribution in [-0.2, 0) is 27.2 Å². The van der Waals surface area contributed by atoms with Crippen LogP contribution in [0.1, 0.15) is 76.3 Å². The van der Waals surface area contributed by atoms with Gasteiger partial charge in [0.1, 0.15) is 16.5 Å². The number of carbonyl (C=O) groups is 4. The fourth-order valence-corrected chi connectivity index (χ4v) is 5.53. The Morgan fingerprint density at radius 3 is 2.33 bits per heavy atom. The molecule has 0 bridgehead atoms. The molecule has 1 aliphatic rings. The predicted octanol–water partition coefficient (Wildman–Crippen LogP) is 5.29. The second-order valence-corrected chi connectivity index (χ2v) is 10.6. The molecule has 11 heteroatoms. The maximum Gasteiger partial charge on any atom is 0.343 e. The Hall–Kier alpha value is -4.51. The first-order valence-electron chi connectivity index (χ1n) is 13.9. The fraction of sp³-hybridized carbons (Fsp3) is 0.323. The number of anilines is 1. The van der Waals surface area contributed by atoms with E-state index in [1.807, 2.05) is 0 Å². The number of unbranched alkanes of at least 4 members (excludes halogenated alkanes) is 1. The number of thiophene rings is 1. The summed E-state index contributed by atoms with van der Waals surface area (Å²) in [6.07, 6.45) is 6.85. The zero-order valence-electron chi connectivity index (χ0n) is 23.6. The number of nitrogens with one attached hydrogen (secondary N) is 2. The van der Waals surface area contributed by atoms with E-state index in [0.717, 1.165) is 49.0 Å². The lowest BCUT2D eigenvalue weighted by molar-refractivity contribution is -0.136. The highest BCUT2D eigenvalue weighted by molar-refractivity contribution is 7.17. The number of hydrazone groups is 1. The monoisotopic (exact) mass is 591 g/mol. The number of nitrogens with zero attached hydrogens (tertiary/aromatic N) is 1. The average molecular weight is 592 g/mol. The molecule has 0 saturated heterocycles. The summed E-state index contributed by atoms with van der Waals surface area (Å²) in [5.74, 6) is -1.92. The van der Waals surface area contributed by atoms with Crippen LogP contribution in [0.25, 0.3) is 0 Å². The first-order chi connectivity index (χ1) is 20.4. The zero-order chi connectivity index (χ0) is 29.9. The van der Waals surface area contributed by atoms with Crippen molar-refractivity contribution in [1.29, 1.82) is 0 Å². The van der Waals surface area contributed by atoms with Crippen molar-refractivity contribution in [3.8, 4) is 11.5 Å². The van der Waals surface area contributed by atoms with E-state index in [2.05, 4.69) is 22.8 Å². The van der Waals surface area contributed by atoms with Gasteiger partial charge in [-0.3, -0.25) is 9.59 Å². The normalized spacial score (nSPS) is 12.3. The minimum atomic E-state index is -0.986. The van der Waals surface area contributed by atoms with Gasteiger partial charge in [-0.05, 0) is 98.7 Å². The summed E-state index contributed by atoms with van der Waals surface area (Å²) in [7, 11) is 0. The van der Waals surface area contributed by atoms with E-state index in [4.69, 9.17) is 14.2 Å². The topological polar surface area (TPSA) is 132 Å². The Morgan fingerprint density at radius 2 is 1.62 bits per heavy atom. The van der Waals surface area contributed by atoms with Crippen molar-refractivity contribution in [2.24, 2.45) is 5.10 Å². The lowest BCUT2D eigenvalue weighted by atomic mass is 9.95. The summed E-state index contributed by atoms with van der Waals surface area (Å²) in [5, 5.41) is 6.69. The molecule has 0 aliphatic heterocycles. The van der Waals surface area contributed by atoms with E-state index in [0.29, 0.717) is 39.8 Å². The number of hydrogen-bond donors (Lipinski definition) is 2. The zero-order valence-corrected chi connectivity index (χ0v) is 24.4. The summed E-state index contributed by atoms with van der Waals surface area (Å²) < 4.78 is 16.2. The smallest absolute Gasteiger partial charge is 0.343 e. The summed E-state index contributed by atoms with van der Waals surface area (Å²) in [6, 6.07) is 13.2. The average Bonchev–Trinajstić information content (AvgIpc) is 3.36. The Morgan fingerprint density at radius 1 is 0.905 bits per heavy atom. The minimum absolute atomic E-state index is 0.207. The molecule has 0 saturated carbocycles. The van der Waals surface area contributed by atoms with Crippen LogP contribution in [0.2, 0.25) is 0 Å². The van der Waals surface area contributed by atoms with E-state index in [1.54, 1.807) is 55.5 Å². The largest absolute Gasteiger partial charge is 0.494 e. The highest BCUT2D eigenvalue weighted by atomic mass is 32.1. The Kier molecular flexibility index (Phi) is 10.8. The molecule has 1 heterocycles. The van der Waals surface area contributed by atoms with Crippen LogP contribution in [0.5, 0.6) is 11.5 Å². The van der Waals surface area contributed by atoms with Crippen molar-refractivity contribution < 1.29 is 33.4 Å².